The molecule has 0 aliphatic carbocycles. The lowest BCUT2D eigenvalue weighted by atomic mass is 9.99. The maximum absolute atomic E-state index is 5.26. The molecule has 0 saturated carbocycles. The topological polar surface area (TPSA) is 32.3 Å². The fourth-order valence-electron chi connectivity index (χ4n) is 4.72. The molecule has 0 N–H and O–H groups in total. The second-order valence-electron chi connectivity index (χ2n) is 8.06. The molecule has 30 heavy (non-hydrogen) atoms. The van der Waals surface area contributed by atoms with E-state index in [1.165, 1.54) is 22.0 Å². The standard InChI is InChI=1S/C26H22N4/c1-16-10-4-9-15-22(16)30-17(2)29(3)25-26(30)28-24-21-14-8-6-12-19(21)18-11-5-7-13-20(18)23(24)27-25/h4-15,17H,1-3H3. The molecule has 4 aromatic carbocycles. The van der Waals surface area contributed by atoms with Gasteiger partial charge in [0.1, 0.15) is 6.17 Å². The van der Waals surface area contributed by atoms with Gasteiger partial charge >= 0.3 is 0 Å². The lowest BCUT2D eigenvalue weighted by Crippen LogP contribution is -2.36. The van der Waals surface area contributed by atoms with Gasteiger partial charge in [-0.1, -0.05) is 66.7 Å². The van der Waals surface area contributed by atoms with E-state index in [2.05, 4.69) is 103 Å². The van der Waals surface area contributed by atoms with Crippen molar-refractivity contribution in [1.29, 1.82) is 0 Å². The van der Waals surface area contributed by atoms with Crippen LogP contribution in [0.3, 0.4) is 0 Å². The Labute approximate surface area is 175 Å². The summed E-state index contributed by atoms with van der Waals surface area (Å²) in [6, 6.07) is 25.5. The number of aryl methyl sites for hydroxylation is 1. The number of hydrogen-bond donors (Lipinski definition) is 0. The summed E-state index contributed by atoms with van der Waals surface area (Å²) in [6.45, 7) is 4.36. The molecule has 2 heterocycles. The Morgan fingerprint density at radius 2 is 1.17 bits per heavy atom. The van der Waals surface area contributed by atoms with Crippen LogP contribution in [-0.4, -0.2) is 23.2 Å². The predicted molar refractivity (Wildman–Crippen MR) is 126 cm³/mol. The minimum absolute atomic E-state index is 0.135. The van der Waals surface area contributed by atoms with Gasteiger partial charge in [-0.25, -0.2) is 9.97 Å². The van der Waals surface area contributed by atoms with E-state index in [1.807, 2.05) is 0 Å². The molecular formula is C26H22N4. The number of hydrogen-bond acceptors (Lipinski definition) is 4. The van der Waals surface area contributed by atoms with Gasteiger partial charge in [0.2, 0.25) is 0 Å². The average Bonchev–Trinajstić information content (AvgIpc) is 3.03. The summed E-state index contributed by atoms with van der Waals surface area (Å²) >= 11 is 0. The first-order valence-electron chi connectivity index (χ1n) is 10.3. The molecule has 146 valence electrons. The van der Waals surface area contributed by atoms with Crippen molar-refractivity contribution in [3.8, 4) is 0 Å². The Morgan fingerprint density at radius 3 is 1.77 bits per heavy atom. The number of benzene rings is 4. The van der Waals surface area contributed by atoms with Crippen molar-refractivity contribution in [1.82, 2.24) is 9.97 Å². The quantitative estimate of drug-likeness (QED) is 0.320. The highest BCUT2D eigenvalue weighted by Gasteiger charge is 2.35. The van der Waals surface area contributed by atoms with Gasteiger partial charge in [0.15, 0.2) is 11.6 Å². The van der Waals surface area contributed by atoms with Gasteiger partial charge in [-0.05, 0) is 36.2 Å². The number of anilines is 3. The highest BCUT2D eigenvalue weighted by Crippen LogP contribution is 2.44. The molecule has 1 unspecified atom stereocenters. The number of rotatable bonds is 1. The zero-order valence-electron chi connectivity index (χ0n) is 17.3. The first-order valence-corrected chi connectivity index (χ1v) is 10.3. The van der Waals surface area contributed by atoms with E-state index in [-0.39, 0.29) is 6.17 Å². The lowest BCUT2D eigenvalue weighted by Gasteiger charge is -2.27. The lowest BCUT2D eigenvalue weighted by molar-refractivity contribution is 0.726. The zero-order chi connectivity index (χ0) is 20.4. The largest absolute Gasteiger partial charge is 0.336 e. The summed E-state index contributed by atoms with van der Waals surface area (Å²) in [5.74, 6) is 1.85. The van der Waals surface area contributed by atoms with Crippen LogP contribution >= 0.6 is 0 Å². The SMILES string of the molecule is Cc1ccccc1N1c2nc3c4ccccc4c4ccccc4c3nc2N(C)C1C. The average molecular weight is 390 g/mol. The summed E-state index contributed by atoms with van der Waals surface area (Å²) in [5, 5.41) is 4.74. The molecule has 0 radical (unpaired) electrons. The molecule has 6 rings (SSSR count). The number of aromatic nitrogens is 2. The molecule has 1 aliphatic rings. The van der Waals surface area contributed by atoms with E-state index in [9.17, 15) is 0 Å². The van der Waals surface area contributed by atoms with Crippen LogP contribution in [0, 0.1) is 6.92 Å². The Morgan fingerprint density at radius 1 is 0.667 bits per heavy atom. The predicted octanol–water partition coefficient (Wildman–Crippen LogP) is 6.18. The molecule has 0 saturated heterocycles. The van der Waals surface area contributed by atoms with Crippen LogP contribution < -0.4 is 9.80 Å². The second-order valence-corrected chi connectivity index (χ2v) is 8.06. The summed E-state index contributed by atoms with van der Waals surface area (Å²) in [4.78, 5) is 15.0. The van der Waals surface area contributed by atoms with Crippen LogP contribution in [0.25, 0.3) is 32.6 Å². The summed E-state index contributed by atoms with van der Waals surface area (Å²) < 4.78 is 0. The highest BCUT2D eigenvalue weighted by atomic mass is 15.5. The fraction of sp³-hybridized carbons (Fsp3) is 0.154. The molecule has 1 aliphatic heterocycles. The summed E-state index contributed by atoms with van der Waals surface area (Å²) in [6.07, 6.45) is 0.135. The van der Waals surface area contributed by atoms with Crippen molar-refractivity contribution in [2.45, 2.75) is 20.0 Å². The minimum Gasteiger partial charge on any atom is -0.336 e. The molecule has 1 atom stereocenters. The summed E-state index contributed by atoms with van der Waals surface area (Å²) in [7, 11) is 2.10. The zero-order valence-corrected chi connectivity index (χ0v) is 17.3. The molecule has 4 nitrogen and oxygen atoms in total. The third-order valence-corrected chi connectivity index (χ3v) is 6.39. The van der Waals surface area contributed by atoms with Gasteiger partial charge in [0, 0.05) is 23.5 Å². The third-order valence-electron chi connectivity index (χ3n) is 6.39. The Balaban J connectivity index is 1.75. The van der Waals surface area contributed by atoms with Crippen molar-refractivity contribution in [3.05, 3.63) is 78.4 Å². The van der Waals surface area contributed by atoms with Gasteiger partial charge in [-0.3, -0.25) is 0 Å². The number of fused-ring (bicyclic) bond motifs is 7. The summed E-state index contributed by atoms with van der Waals surface area (Å²) in [5.41, 5.74) is 4.34. The van der Waals surface area contributed by atoms with Crippen molar-refractivity contribution < 1.29 is 0 Å². The third kappa shape index (κ3) is 2.22. The highest BCUT2D eigenvalue weighted by molar-refractivity contribution is 6.23. The first kappa shape index (κ1) is 17.2. The van der Waals surface area contributed by atoms with E-state index in [0.29, 0.717) is 0 Å². The molecule has 0 spiro atoms. The van der Waals surface area contributed by atoms with Crippen LogP contribution in [0.1, 0.15) is 12.5 Å². The van der Waals surface area contributed by atoms with E-state index in [4.69, 9.17) is 9.97 Å². The van der Waals surface area contributed by atoms with Gasteiger partial charge in [-0.2, -0.15) is 0 Å². The Hall–Kier alpha value is -3.66. The molecule has 0 amide bonds. The van der Waals surface area contributed by atoms with Crippen molar-refractivity contribution in [2.24, 2.45) is 0 Å². The smallest absolute Gasteiger partial charge is 0.178 e. The second kappa shape index (κ2) is 6.17. The van der Waals surface area contributed by atoms with Crippen molar-refractivity contribution >= 4 is 49.9 Å². The fourth-order valence-corrected chi connectivity index (χ4v) is 4.72. The molecular weight excluding hydrogens is 368 g/mol. The van der Waals surface area contributed by atoms with Crippen molar-refractivity contribution in [3.63, 3.8) is 0 Å². The number of para-hydroxylation sites is 1. The monoisotopic (exact) mass is 390 g/mol. The van der Waals surface area contributed by atoms with E-state index >= 15 is 0 Å². The van der Waals surface area contributed by atoms with Gasteiger partial charge in [-0.15, -0.1) is 0 Å². The molecule has 1 aromatic heterocycles. The van der Waals surface area contributed by atoms with Crippen molar-refractivity contribution in [2.75, 3.05) is 16.8 Å². The van der Waals surface area contributed by atoms with Gasteiger partial charge in [0.05, 0.1) is 11.0 Å². The van der Waals surface area contributed by atoms with Crippen LogP contribution in [0.15, 0.2) is 72.8 Å². The molecule has 0 bridgehead atoms. The Kier molecular flexibility index (Phi) is 3.54. The van der Waals surface area contributed by atoms with Crippen LogP contribution in [0.5, 0.6) is 0 Å². The minimum atomic E-state index is 0.135. The molecule has 4 heteroatoms. The van der Waals surface area contributed by atoms with Gasteiger partial charge in [0.25, 0.3) is 0 Å². The van der Waals surface area contributed by atoms with Gasteiger partial charge < -0.3 is 9.80 Å². The van der Waals surface area contributed by atoms with Crippen LogP contribution in [-0.2, 0) is 0 Å². The van der Waals surface area contributed by atoms with E-state index in [0.717, 1.165) is 33.4 Å². The normalized spacial score (nSPS) is 16.0. The van der Waals surface area contributed by atoms with Crippen LogP contribution in [0.2, 0.25) is 0 Å². The number of nitrogens with zero attached hydrogens (tertiary/aromatic N) is 4. The van der Waals surface area contributed by atoms with E-state index in [1.54, 1.807) is 0 Å². The maximum atomic E-state index is 5.26. The Bertz CT molecular complexity index is 1460. The molecule has 5 aromatic rings. The maximum Gasteiger partial charge on any atom is 0.178 e. The molecule has 0 fully saturated rings. The van der Waals surface area contributed by atoms with Crippen LogP contribution in [0.4, 0.5) is 17.3 Å². The first-order chi connectivity index (χ1) is 14.6. The van der Waals surface area contributed by atoms with E-state index < -0.39 is 0 Å².